The Labute approximate surface area is 79.4 Å². The van der Waals surface area contributed by atoms with Crippen LogP contribution in [-0.4, -0.2) is 24.0 Å². The van der Waals surface area contributed by atoms with Crippen molar-refractivity contribution in [2.45, 2.75) is 18.9 Å². The third kappa shape index (κ3) is 1.49. The Hall–Kier alpha value is -0.820. The van der Waals surface area contributed by atoms with Crippen molar-refractivity contribution >= 4 is 0 Å². The predicted octanol–water partition coefficient (Wildman–Crippen LogP) is 1.93. The molecule has 3 unspecified atom stereocenters. The molecule has 0 aromatic heterocycles. The van der Waals surface area contributed by atoms with E-state index in [2.05, 4.69) is 35.2 Å². The molecule has 0 bridgehead atoms. The summed E-state index contributed by atoms with van der Waals surface area (Å²) in [5.74, 6) is 0.932. The molecule has 0 N–H and O–H groups in total. The van der Waals surface area contributed by atoms with Crippen LogP contribution in [0.2, 0.25) is 0 Å². The fraction of sp³-hybridized carbons (Fsp3) is 0.500. The van der Waals surface area contributed by atoms with Crippen molar-refractivity contribution in [3.8, 4) is 0 Å². The van der Waals surface area contributed by atoms with Crippen LogP contribution < -0.4 is 0 Å². The molecule has 3 atom stereocenters. The van der Waals surface area contributed by atoms with Gasteiger partial charge < -0.3 is 0 Å². The monoisotopic (exact) mass is 173 g/mol. The molecule has 0 radical (unpaired) electrons. The van der Waals surface area contributed by atoms with Crippen molar-refractivity contribution in [3.05, 3.63) is 35.9 Å². The standard InChI is InChI=1S/C12H15N/c1-2-4-10(5-3-1)6-11-7-12-9-13(12)8-11/h1-5,11-12H,6-9H2. The Bertz CT molecular complexity index is 283. The second kappa shape index (κ2) is 2.85. The van der Waals surface area contributed by atoms with Gasteiger partial charge in [-0.1, -0.05) is 30.3 Å². The zero-order valence-electron chi connectivity index (χ0n) is 7.82. The largest absolute Gasteiger partial charge is 0.297 e. The minimum Gasteiger partial charge on any atom is -0.297 e. The molecule has 1 heteroatoms. The topological polar surface area (TPSA) is 3.01 Å². The number of piperidine rings is 1. The third-order valence-corrected chi connectivity index (χ3v) is 3.29. The molecule has 1 aromatic rings. The van der Waals surface area contributed by atoms with Crippen LogP contribution in [0.3, 0.4) is 0 Å². The second-order valence-corrected chi connectivity index (χ2v) is 4.40. The predicted molar refractivity (Wildman–Crippen MR) is 53.6 cm³/mol. The van der Waals surface area contributed by atoms with Crippen molar-refractivity contribution in [3.63, 3.8) is 0 Å². The molecule has 2 aliphatic rings. The molecule has 2 aliphatic heterocycles. The summed E-state index contributed by atoms with van der Waals surface area (Å²) < 4.78 is 0. The summed E-state index contributed by atoms with van der Waals surface area (Å²) in [6.45, 7) is 2.73. The molecular formula is C12H15N. The van der Waals surface area contributed by atoms with Gasteiger partial charge >= 0.3 is 0 Å². The summed E-state index contributed by atoms with van der Waals surface area (Å²) in [5.41, 5.74) is 1.51. The maximum Gasteiger partial charge on any atom is 0.0227 e. The molecule has 0 amide bonds. The molecule has 3 rings (SSSR count). The SMILES string of the molecule is c1ccc(CC2CC3CN3C2)cc1. The fourth-order valence-corrected chi connectivity index (χ4v) is 2.56. The van der Waals surface area contributed by atoms with E-state index < -0.39 is 0 Å². The average molecular weight is 173 g/mol. The van der Waals surface area contributed by atoms with Crippen LogP contribution >= 0.6 is 0 Å². The molecule has 2 heterocycles. The second-order valence-electron chi connectivity index (χ2n) is 4.40. The first kappa shape index (κ1) is 7.57. The van der Waals surface area contributed by atoms with Crippen LogP contribution in [0.25, 0.3) is 0 Å². The Morgan fingerprint density at radius 1 is 1.15 bits per heavy atom. The normalized spacial score (nSPS) is 35.8. The van der Waals surface area contributed by atoms with Crippen LogP contribution in [0.15, 0.2) is 30.3 Å². The smallest absolute Gasteiger partial charge is 0.0227 e. The maximum atomic E-state index is 2.59. The van der Waals surface area contributed by atoms with Crippen molar-refractivity contribution in [1.29, 1.82) is 0 Å². The highest BCUT2D eigenvalue weighted by atomic mass is 15.3. The van der Waals surface area contributed by atoms with Gasteiger partial charge in [0.25, 0.3) is 0 Å². The third-order valence-electron chi connectivity index (χ3n) is 3.29. The van der Waals surface area contributed by atoms with E-state index >= 15 is 0 Å². The van der Waals surface area contributed by atoms with Gasteiger partial charge in [-0.05, 0) is 24.3 Å². The van der Waals surface area contributed by atoms with Gasteiger partial charge in [0, 0.05) is 19.1 Å². The minimum atomic E-state index is 0.932. The minimum absolute atomic E-state index is 0.932. The van der Waals surface area contributed by atoms with E-state index in [-0.39, 0.29) is 0 Å². The molecule has 68 valence electrons. The highest BCUT2D eigenvalue weighted by molar-refractivity contribution is 5.16. The number of hydrogen-bond acceptors (Lipinski definition) is 1. The van der Waals surface area contributed by atoms with Gasteiger partial charge in [0.1, 0.15) is 0 Å². The first-order chi connectivity index (χ1) is 6.42. The average Bonchev–Trinajstić information content (AvgIpc) is 2.76. The van der Waals surface area contributed by atoms with Crippen molar-refractivity contribution in [1.82, 2.24) is 4.90 Å². The summed E-state index contributed by atoms with van der Waals surface area (Å²) in [7, 11) is 0. The zero-order valence-corrected chi connectivity index (χ0v) is 7.82. The number of rotatable bonds is 2. The van der Waals surface area contributed by atoms with Crippen molar-refractivity contribution in [2.75, 3.05) is 13.1 Å². The first-order valence-electron chi connectivity index (χ1n) is 5.20. The number of hydrogen-bond donors (Lipinski definition) is 0. The molecule has 2 fully saturated rings. The number of nitrogens with zero attached hydrogens (tertiary/aromatic N) is 1. The summed E-state index contributed by atoms with van der Waals surface area (Å²) in [6.07, 6.45) is 2.72. The Balaban J connectivity index is 1.63. The molecule has 0 spiro atoms. The molecule has 1 nitrogen and oxygen atoms in total. The van der Waals surface area contributed by atoms with Gasteiger partial charge in [0.05, 0.1) is 0 Å². The Morgan fingerprint density at radius 3 is 2.69 bits per heavy atom. The van der Waals surface area contributed by atoms with E-state index in [9.17, 15) is 0 Å². The molecule has 1 aromatic carbocycles. The molecule has 0 aliphatic carbocycles. The Morgan fingerprint density at radius 2 is 2.00 bits per heavy atom. The highest BCUT2D eigenvalue weighted by Crippen LogP contribution is 2.35. The van der Waals surface area contributed by atoms with Crippen LogP contribution in [-0.2, 0) is 6.42 Å². The first-order valence-corrected chi connectivity index (χ1v) is 5.20. The van der Waals surface area contributed by atoms with E-state index in [4.69, 9.17) is 0 Å². The van der Waals surface area contributed by atoms with E-state index in [0.29, 0.717) is 0 Å². The maximum absolute atomic E-state index is 2.59. The summed E-state index contributed by atoms with van der Waals surface area (Å²) >= 11 is 0. The van der Waals surface area contributed by atoms with Gasteiger partial charge in [0.15, 0.2) is 0 Å². The van der Waals surface area contributed by atoms with E-state index in [1.54, 1.807) is 0 Å². The van der Waals surface area contributed by atoms with Crippen molar-refractivity contribution in [2.24, 2.45) is 5.92 Å². The lowest BCUT2D eigenvalue weighted by molar-refractivity contribution is 0.479. The van der Waals surface area contributed by atoms with Crippen molar-refractivity contribution < 1.29 is 0 Å². The lowest BCUT2D eigenvalue weighted by atomic mass is 9.96. The van der Waals surface area contributed by atoms with Gasteiger partial charge in [-0.15, -0.1) is 0 Å². The van der Waals surface area contributed by atoms with Gasteiger partial charge in [-0.3, -0.25) is 4.90 Å². The summed E-state index contributed by atoms with van der Waals surface area (Å²) in [4.78, 5) is 2.59. The van der Waals surface area contributed by atoms with Gasteiger partial charge in [-0.2, -0.15) is 0 Å². The molecular weight excluding hydrogens is 158 g/mol. The van der Waals surface area contributed by atoms with E-state index in [1.807, 2.05) is 0 Å². The fourth-order valence-electron chi connectivity index (χ4n) is 2.56. The quantitative estimate of drug-likeness (QED) is 0.618. The van der Waals surface area contributed by atoms with Gasteiger partial charge in [0.2, 0.25) is 0 Å². The number of benzene rings is 1. The van der Waals surface area contributed by atoms with Crippen LogP contribution in [0.5, 0.6) is 0 Å². The van der Waals surface area contributed by atoms with E-state index in [1.165, 1.54) is 31.5 Å². The van der Waals surface area contributed by atoms with Crippen LogP contribution in [0, 0.1) is 5.92 Å². The van der Waals surface area contributed by atoms with Gasteiger partial charge in [-0.25, -0.2) is 0 Å². The highest BCUT2D eigenvalue weighted by Gasteiger charge is 2.42. The molecule has 0 saturated carbocycles. The Kier molecular flexibility index (Phi) is 1.66. The van der Waals surface area contributed by atoms with E-state index in [0.717, 1.165) is 12.0 Å². The number of fused-ring (bicyclic) bond motifs is 1. The summed E-state index contributed by atoms with van der Waals surface area (Å²) in [6, 6.07) is 11.8. The lowest BCUT2D eigenvalue weighted by Crippen LogP contribution is -2.10. The molecule has 13 heavy (non-hydrogen) atoms. The van der Waals surface area contributed by atoms with Crippen LogP contribution in [0.1, 0.15) is 12.0 Å². The molecule has 2 saturated heterocycles. The summed E-state index contributed by atoms with van der Waals surface area (Å²) in [5, 5.41) is 0. The van der Waals surface area contributed by atoms with Crippen LogP contribution in [0.4, 0.5) is 0 Å². The lowest BCUT2D eigenvalue weighted by Gasteiger charge is -2.10. The zero-order chi connectivity index (χ0) is 8.67.